The zero-order chi connectivity index (χ0) is 10.8. The molecule has 0 N–H and O–H groups in total. The van der Waals surface area contributed by atoms with Crippen LogP contribution in [0.1, 0.15) is 16.3 Å². The van der Waals surface area contributed by atoms with Gasteiger partial charge in [0.15, 0.2) is 6.29 Å². The average molecular weight is 224 g/mol. The summed E-state index contributed by atoms with van der Waals surface area (Å²) in [6.45, 7) is 0.546. The fraction of sp³-hybridized carbons (Fsp3) is 0.200. The number of aldehydes is 1. The largest absolute Gasteiger partial charge is 0.338 e. The zero-order valence-electron chi connectivity index (χ0n) is 8.22. The van der Waals surface area contributed by atoms with Crippen LogP contribution in [-0.4, -0.2) is 20.4 Å². The predicted molar refractivity (Wildman–Crippen MR) is 57.1 cm³/mol. The van der Waals surface area contributed by atoms with Crippen LogP contribution >= 0.6 is 11.6 Å². The molecule has 0 saturated heterocycles. The molecule has 78 valence electrons. The van der Waals surface area contributed by atoms with Gasteiger partial charge in [-0.3, -0.25) is 4.79 Å². The summed E-state index contributed by atoms with van der Waals surface area (Å²) in [7, 11) is 1.84. The van der Waals surface area contributed by atoms with Gasteiger partial charge in [-0.25, -0.2) is 4.98 Å². The minimum absolute atomic E-state index is 0.546. The molecule has 2 heterocycles. The molecule has 2 rings (SSSR count). The molecule has 0 radical (unpaired) electrons. The first-order chi connectivity index (χ1) is 7.22. The zero-order valence-corrected chi connectivity index (χ0v) is 8.98. The van der Waals surface area contributed by atoms with Gasteiger partial charge in [0.25, 0.3) is 0 Å². The van der Waals surface area contributed by atoms with Gasteiger partial charge in [-0.1, -0.05) is 11.6 Å². The maximum atomic E-state index is 10.7. The van der Waals surface area contributed by atoms with Gasteiger partial charge >= 0.3 is 0 Å². The van der Waals surface area contributed by atoms with Gasteiger partial charge in [0, 0.05) is 13.2 Å². The van der Waals surface area contributed by atoms with Crippen molar-refractivity contribution in [1.82, 2.24) is 14.1 Å². The van der Waals surface area contributed by atoms with E-state index in [1.165, 1.54) is 0 Å². The third kappa shape index (κ3) is 1.80. The Balaban J connectivity index is 2.29. The van der Waals surface area contributed by atoms with E-state index in [0.29, 0.717) is 17.4 Å². The topological polar surface area (TPSA) is 39.8 Å². The molecule has 0 aliphatic rings. The Morgan fingerprint density at radius 1 is 1.60 bits per heavy atom. The molecule has 0 spiro atoms. The molecule has 0 saturated carbocycles. The Morgan fingerprint density at radius 2 is 2.40 bits per heavy atom. The molecule has 0 amide bonds. The second-order valence-electron chi connectivity index (χ2n) is 3.23. The van der Waals surface area contributed by atoms with E-state index in [4.69, 9.17) is 11.6 Å². The van der Waals surface area contributed by atoms with Gasteiger partial charge in [-0.2, -0.15) is 0 Å². The molecule has 0 atom stereocenters. The summed E-state index contributed by atoms with van der Waals surface area (Å²) in [6.07, 6.45) is 4.26. The van der Waals surface area contributed by atoms with E-state index in [1.54, 1.807) is 16.8 Å². The van der Waals surface area contributed by atoms with Gasteiger partial charge in [-0.05, 0) is 12.1 Å². The first-order valence-corrected chi connectivity index (χ1v) is 4.86. The van der Waals surface area contributed by atoms with Crippen LogP contribution in [0.25, 0.3) is 0 Å². The fourth-order valence-corrected chi connectivity index (χ4v) is 1.55. The highest BCUT2D eigenvalue weighted by atomic mass is 35.5. The molecular formula is C10H10ClN3O. The number of halogens is 1. The van der Waals surface area contributed by atoms with Gasteiger partial charge in [-0.15, -0.1) is 0 Å². The molecule has 0 aromatic carbocycles. The summed E-state index contributed by atoms with van der Waals surface area (Å²) in [5.41, 5.74) is 0.633. The van der Waals surface area contributed by atoms with Crippen molar-refractivity contribution in [2.45, 2.75) is 6.54 Å². The molecule has 2 aromatic rings. The minimum atomic E-state index is 0.546. The summed E-state index contributed by atoms with van der Waals surface area (Å²) in [4.78, 5) is 14.9. The van der Waals surface area contributed by atoms with Gasteiger partial charge in [0.1, 0.15) is 11.0 Å². The Labute approximate surface area is 92.1 Å². The van der Waals surface area contributed by atoms with E-state index < -0.39 is 0 Å². The lowest BCUT2D eigenvalue weighted by atomic mass is 10.4. The van der Waals surface area contributed by atoms with E-state index in [2.05, 4.69) is 4.98 Å². The molecule has 2 aromatic heterocycles. The van der Waals surface area contributed by atoms with Gasteiger partial charge in [0.05, 0.1) is 18.4 Å². The van der Waals surface area contributed by atoms with Crippen LogP contribution in [0.2, 0.25) is 5.15 Å². The van der Waals surface area contributed by atoms with Crippen LogP contribution in [0.4, 0.5) is 0 Å². The Bertz CT molecular complexity index is 487. The second-order valence-corrected chi connectivity index (χ2v) is 3.62. The highest BCUT2D eigenvalue weighted by Gasteiger charge is 2.06. The highest BCUT2D eigenvalue weighted by Crippen LogP contribution is 2.11. The number of hydrogen-bond donors (Lipinski definition) is 0. The van der Waals surface area contributed by atoms with Crippen LogP contribution in [0.15, 0.2) is 24.5 Å². The SMILES string of the molecule is Cn1c(Cl)cnc1Cn1cccc1C=O. The van der Waals surface area contributed by atoms with E-state index >= 15 is 0 Å². The van der Waals surface area contributed by atoms with Crippen molar-refractivity contribution >= 4 is 17.9 Å². The lowest BCUT2D eigenvalue weighted by molar-refractivity contribution is 0.111. The van der Waals surface area contributed by atoms with Crippen molar-refractivity contribution in [2.75, 3.05) is 0 Å². The Kier molecular flexibility index (Phi) is 2.60. The minimum Gasteiger partial charge on any atom is -0.338 e. The number of hydrogen-bond acceptors (Lipinski definition) is 2. The summed E-state index contributed by atoms with van der Waals surface area (Å²) < 4.78 is 3.61. The molecule has 0 bridgehead atoms. The number of nitrogens with zero attached hydrogens (tertiary/aromatic N) is 3. The lowest BCUT2D eigenvalue weighted by Crippen LogP contribution is -2.07. The molecule has 0 aliphatic heterocycles. The molecule has 0 fully saturated rings. The van der Waals surface area contributed by atoms with Crippen molar-refractivity contribution in [1.29, 1.82) is 0 Å². The Hall–Kier alpha value is -1.55. The van der Waals surface area contributed by atoms with Crippen molar-refractivity contribution in [3.05, 3.63) is 41.2 Å². The molecule has 0 aliphatic carbocycles. The summed E-state index contributed by atoms with van der Waals surface area (Å²) >= 11 is 5.86. The van der Waals surface area contributed by atoms with Gasteiger partial charge < -0.3 is 9.13 Å². The average Bonchev–Trinajstić information content (AvgIpc) is 2.80. The maximum absolute atomic E-state index is 10.7. The molecule has 15 heavy (non-hydrogen) atoms. The summed E-state index contributed by atoms with van der Waals surface area (Å²) in [5, 5.41) is 0.588. The van der Waals surface area contributed by atoms with Crippen molar-refractivity contribution in [3.8, 4) is 0 Å². The second kappa shape index (κ2) is 3.90. The van der Waals surface area contributed by atoms with E-state index in [9.17, 15) is 4.79 Å². The molecular weight excluding hydrogens is 214 g/mol. The van der Waals surface area contributed by atoms with Crippen molar-refractivity contribution in [2.24, 2.45) is 7.05 Å². The number of rotatable bonds is 3. The quantitative estimate of drug-likeness (QED) is 0.744. The first-order valence-electron chi connectivity index (χ1n) is 4.49. The molecule has 4 nitrogen and oxygen atoms in total. The van der Waals surface area contributed by atoms with Crippen LogP contribution in [0.5, 0.6) is 0 Å². The number of imidazole rings is 1. The van der Waals surface area contributed by atoms with Crippen LogP contribution in [0, 0.1) is 0 Å². The third-order valence-electron chi connectivity index (χ3n) is 2.32. The van der Waals surface area contributed by atoms with Crippen LogP contribution in [0.3, 0.4) is 0 Å². The summed E-state index contributed by atoms with van der Waals surface area (Å²) in [5.74, 6) is 0.819. The van der Waals surface area contributed by atoms with Crippen molar-refractivity contribution < 1.29 is 4.79 Å². The number of carbonyl (C=O) groups excluding carboxylic acids is 1. The third-order valence-corrected chi connectivity index (χ3v) is 2.68. The lowest BCUT2D eigenvalue weighted by Gasteiger charge is -2.05. The number of carbonyl (C=O) groups is 1. The smallest absolute Gasteiger partial charge is 0.166 e. The van der Waals surface area contributed by atoms with E-state index in [0.717, 1.165) is 12.1 Å². The predicted octanol–water partition coefficient (Wildman–Crippen LogP) is 1.74. The van der Waals surface area contributed by atoms with Crippen molar-refractivity contribution in [3.63, 3.8) is 0 Å². The highest BCUT2D eigenvalue weighted by molar-refractivity contribution is 6.29. The standard InChI is InChI=1S/C10H10ClN3O/c1-13-9(11)5-12-10(13)6-14-4-2-3-8(14)7-15/h2-5,7H,6H2,1H3. The normalized spacial score (nSPS) is 10.5. The summed E-state index contributed by atoms with van der Waals surface area (Å²) in [6, 6.07) is 3.59. The van der Waals surface area contributed by atoms with Crippen LogP contribution < -0.4 is 0 Å². The maximum Gasteiger partial charge on any atom is 0.166 e. The van der Waals surface area contributed by atoms with E-state index in [1.807, 2.05) is 23.9 Å². The Morgan fingerprint density at radius 3 is 3.00 bits per heavy atom. The van der Waals surface area contributed by atoms with E-state index in [-0.39, 0.29) is 0 Å². The molecule has 5 heteroatoms. The van der Waals surface area contributed by atoms with Gasteiger partial charge in [0.2, 0.25) is 0 Å². The fourth-order valence-electron chi connectivity index (χ4n) is 1.40. The first kappa shape index (κ1) is 9.98. The van der Waals surface area contributed by atoms with Crippen LogP contribution in [-0.2, 0) is 13.6 Å². The monoisotopic (exact) mass is 223 g/mol. The molecule has 0 unspecified atom stereocenters. The number of aromatic nitrogens is 3.